The average Bonchev–Trinajstić information content (AvgIpc) is 2.65. The van der Waals surface area contributed by atoms with E-state index in [1.54, 1.807) is 24.5 Å². The van der Waals surface area contributed by atoms with Crippen LogP contribution in [0.3, 0.4) is 0 Å². The Balaban J connectivity index is 0.000000167. The normalized spacial score (nSPS) is 12.7. The Labute approximate surface area is 132 Å². The second kappa shape index (κ2) is 12.4. The van der Waals surface area contributed by atoms with E-state index in [2.05, 4.69) is 9.97 Å². The number of hydrogen-bond donors (Lipinski definition) is 2. The molecule has 2 heterocycles. The summed E-state index contributed by atoms with van der Waals surface area (Å²) in [6, 6.07) is 10.9. The first-order valence-electron chi connectivity index (χ1n) is 7.70. The Morgan fingerprint density at radius 2 is 1.00 bits per heavy atom. The van der Waals surface area contributed by atoms with Gasteiger partial charge in [0.15, 0.2) is 0 Å². The molecule has 22 heavy (non-hydrogen) atoms. The predicted molar refractivity (Wildman–Crippen MR) is 91.9 cm³/mol. The van der Waals surface area contributed by atoms with Gasteiger partial charge in [0.1, 0.15) is 0 Å². The molecule has 4 nitrogen and oxygen atoms in total. The molecule has 0 atom stereocenters. The number of pyridine rings is 2. The molecule has 0 saturated heterocycles. The van der Waals surface area contributed by atoms with E-state index in [4.69, 9.17) is 10.8 Å². The van der Waals surface area contributed by atoms with Crippen molar-refractivity contribution in [2.75, 3.05) is 0 Å². The van der Waals surface area contributed by atoms with Crippen molar-refractivity contribution in [1.82, 2.24) is 9.97 Å². The Morgan fingerprint density at radius 3 is 1.18 bits per heavy atom. The number of nitrogens with one attached hydrogen (secondary N) is 2. The van der Waals surface area contributed by atoms with E-state index in [0.29, 0.717) is 11.4 Å². The van der Waals surface area contributed by atoms with Gasteiger partial charge < -0.3 is 10.8 Å². The fourth-order valence-corrected chi connectivity index (χ4v) is 1.98. The quantitative estimate of drug-likeness (QED) is 0.801. The summed E-state index contributed by atoms with van der Waals surface area (Å²) in [6.45, 7) is 0. The predicted octanol–water partition coefficient (Wildman–Crippen LogP) is 4.50. The summed E-state index contributed by atoms with van der Waals surface area (Å²) in [5.41, 5.74) is 1.40. The van der Waals surface area contributed by atoms with Crippen molar-refractivity contribution in [3.63, 3.8) is 0 Å². The topological polar surface area (TPSA) is 73.5 Å². The van der Waals surface area contributed by atoms with Crippen LogP contribution >= 0.6 is 0 Å². The lowest BCUT2D eigenvalue weighted by Gasteiger charge is -2.05. The zero-order valence-corrected chi connectivity index (χ0v) is 12.9. The SMILES string of the molecule is C1CCCCC1.N=Cc1ccccn1.N=Cc1ccccn1. The lowest BCUT2D eigenvalue weighted by molar-refractivity contribution is 0.504. The summed E-state index contributed by atoms with van der Waals surface area (Å²) < 4.78 is 0. The van der Waals surface area contributed by atoms with Crippen LogP contribution in [-0.4, -0.2) is 22.4 Å². The smallest absolute Gasteiger partial charge is 0.0805 e. The molecule has 3 rings (SSSR count). The average molecular weight is 296 g/mol. The first kappa shape index (κ1) is 17.7. The largest absolute Gasteiger partial charge is 0.307 e. The van der Waals surface area contributed by atoms with Gasteiger partial charge in [-0.05, 0) is 24.3 Å². The third-order valence-electron chi connectivity index (χ3n) is 3.17. The van der Waals surface area contributed by atoms with E-state index in [9.17, 15) is 0 Å². The Bertz CT molecular complexity index is 452. The van der Waals surface area contributed by atoms with Crippen molar-refractivity contribution in [2.45, 2.75) is 38.5 Å². The van der Waals surface area contributed by atoms with Gasteiger partial charge in [-0.1, -0.05) is 50.7 Å². The summed E-state index contributed by atoms with van der Waals surface area (Å²) in [5.74, 6) is 0. The summed E-state index contributed by atoms with van der Waals surface area (Å²) in [7, 11) is 0. The third kappa shape index (κ3) is 8.74. The van der Waals surface area contributed by atoms with E-state index >= 15 is 0 Å². The summed E-state index contributed by atoms with van der Waals surface area (Å²) in [4.78, 5) is 7.71. The van der Waals surface area contributed by atoms with Crippen molar-refractivity contribution in [1.29, 1.82) is 10.8 Å². The van der Waals surface area contributed by atoms with Crippen LogP contribution in [0.4, 0.5) is 0 Å². The molecule has 0 aliphatic heterocycles. The van der Waals surface area contributed by atoms with Crippen molar-refractivity contribution in [3.8, 4) is 0 Å². The zero-order chi connectivity index (χ0) is 15.9. The lowest BCUT2D eigenvalue weighted by Crippen LogP contribution is -1.85. The Hall–Kier alpha value is -2.36. The van der Waals surface area contributed by atoms with Gasteiger partial charge in [-0.15, -0.1) is 0 Å². The standard InChI is InChI=1S/2C6H6N2.C6H12/c2*7-5-6-3-1-2-4-8-6;1-2-4-6-5-3-1/h2*1-5,7H;1-6H2. The van der Waals surface area contributed by atoms with Gasteiger partial charge in [0.2, 0.25) is 0 Å². The second-order valence-electron chi connectivity index (χ2n) is 4.92. The molecule has 0 radical (unpaired) electrons. The highest BCUT2D eigenvalue weighted by Crippen LogP contribution is 2.15. The van der Waals surface area contributed by atoms with Crippen LogP contribution in [0.5, 0.6) is 0 Å². The van der Waals surface area contributed by atoms with Crippen molar-refractivity contribution >= 4 is 12.4 Å². The lowest BCUT2D eigenvalue weighted by atomic mass is 10.0. The molecule has 1 aliphatic carbocycles. The molecule has 116 valence electrons. The van der Waals surface area contributed by atoms with E-state index in [0.717, 1.165) is 0 Å². The van der Waals surface area contributed by atoms with Crippen molar-refractivity contribution in [2.24, 2.45) is 0 Å². The molecular weight excluding hydrogens is 272 g/mol. The van der Waals surface area contributed by atoms with Crippen LogP contribution in [0.15, 0.2) is 48.8 Å². The molecule has 0 bridgehead atoms. The van der Waals surface area contributed by atoms with Crippen LogP contribution in [0, 0.1) is 10.8 Å². The molecule has 2 aromatic heterocycles. The number of nitrogens with zero attached hydrogens (tertiary/aromatic N) is 2. The van der Waals surface area contributed by atoms with Gasteiger partial charge in [-0.3, -0.25) is 9.97 Å². The van der Waals surface area contributed by atoms with Crippen LogP contribution < -0.4 is 0 Å². The van der Waals surface area contributed by atoms with Gasteiger partial charge in [-0.25, -0.2) is 0 Å². The molecule has 1 saturated carbocycles. The fraction of sp³-hybridized carbons (Fsp3) is 0.333. The van der Waals surface area contributed by atoms with Crippen molar-refractivity contribution < 1.29 is 0 Å². The summed E-state index contributed by atoms with van der Waals surface area (Å²) >= 11 is 0. The van der Waals surface area contributed by atoms with E-state index in [1.807, 2.05) is 24.3 Å². The van der Waals surface area contributed by atoms with Crippen LogP contribution in [0.2, 0.25) is 0 Å². The van der Waals surface area contributed by atoms with Gasteiger partial charge in [0.25, 0.3) is 0 Å². The van der Waals surface area contributed by atoms with Gasteiger partial charge in [0.05, 0.1) is 11.4 Å². The highest BCUT2D eigenvalue weighted by Gasteiger charge is 1.95. The molecule has 0 spiro atoms. The molecule has 0 amide bonds. The Morgan fingerprint density at radius 1 is 0.636 bits per heavy atom. The molecular formula is C18H24N4. The highest BCUT2D eigenvalue weighted by molar-refractivity contribution is 5.73. The third-order valence-corrected chi connectivity index (χ3v) is 3.17. The number of rotatable bonds is 2. The molecule has 0 aromatic carbocycles. The Kier molecular flexibility index (Phi) is 9.96. The van der Waals surface area contributed by atoms with Crippen LogP contribution in [0.1, 0.15) is 49.9 Å². The molecule has 2 N–H and O–H groups in total. The van der Waals surface area contributed by atoms with Crippen LogP contribution in [0.25, 0.3) is 0 Å². The van der Waals surface area contributed by atoms with E-state index < -0.39 is 0 Å². The van der Waals surface area contributed by atoms with Gasteiger partial charge in [-0.2, -0.15) is 0 Å². The second-order valence-corrected chi connectivity index (χ2v) is 4.92. The minimum atomic E-state index is 0.701. The minimum Gasteiger partial charge on any atom is -0.307 e. The first-order valence-corrected chi connectivity index (χ1v) is 7.70. The van der Waals surface area contributed by atoms with Gasteiger partial charge >= 0.3 is 0 Å². The minimum absolute atomic E-state index is 0.701. The zero-order valence-electron chi connectivity index (χ0n) is 12.9. The monoisotopic (exact) mass is 296 g/mol. The maximum absolute atomic E-state index is 6.76. The fourth-order valence-electron chi connectivity index (χ4n) is 1.98. The van der Waals surface area contributed by atoms with Crippen molar-refractivity contribution in [3.05, 3.63) is 60.2 Å². The summed E-state index contributed by atoms with van der Waals surface area (Å²) in [6.07, 6.45) is 14.8. The highest BCUT2D eigenvalue weighted by atomic mass is 14.7. The van der Waals surface area contributed by atoms with E-state index in [1.165, 1.54) is 51.0 Å². The van der Waals surface area contributed by atoms with E-state index in [-0.39, 0.29) is 0 Å². The summed E-state index contributed by atoms with van der Waals surface area (Å²) in [5, 5.41) is 13.5. The molecule has 1 fully saturated rings. The molecule has 0 unspecified atom stereocenters. The van der Waals surface area contributed by atoms with Crippen LogP contribution in [-0.2, 0) is 0 Å². The molecule has 1 aliphatic rings. The maximum atomic E-state index is 6.76. The first-order chi connectivity index (χ1) is 10.9. The number of hydrogen-bond acceptors (Lipinski definition) is 4. The maximum Gasteiger partial charge on any atom is 0.0805 e. The van der Waals surface area contributed by atoms with Gasteiger partial charge in [0, 0.05) is 24.8 Å². The molecule has 4 heteroatoms. The molecule has 2 aromatic rings. The number of aromatic nitrogens is 2.